The Balaban J connectivity index is 2.07. The second kappa shape index (κ2) is 4.86. The van der Waals surface area contributed by atoms with Crippen LogP contribution in [0.1, 0.15) is 12.5 Å². The van der Waals surface area contributed by atoms with Crippen LogP contribution in [0.15, 0.2) is 18.3 Å². The van der Waals surface area contributed by atoms with Crippen molar-refractivity contribution in [2.75, 3.05) is 23.7 Å². The summed E-state index contributed by atoms with van der Waals surface area (Å²) in [6.07, 6.45) is 1.88. The molecule has 4 heteroatoms. The fraction of sp³-hybridized carbons (Fsp3) is 0.545. The highest BCUT2D eigenvalue weighted by atomic mass is 32.2. The Hall–Kier alpha value is -0.740. The van der Waals surface area contributed by atoms with Crippen molar-refractivity contribution in [2.45, 2.75) is 18.7 Å². The van der Waals surface area contributed by atoms with E-state index in [1.165, 1.54) is 5.75 Å². The molecule has 1 aliphatic heterocycles. The molecule has 15 heavy (non-hydrogen) atoms. The van der Waals surface area contributed by atoms with Gasteiger partial charge in [0.2, 0.25) is 0 Å². The Bertz CT molecular complexity index is 312. The van der Waals surface area contributed by atoms with Crippen LogP contribution < -0.4 is 10.6 Å². The van der Waals surface area contributed by atoms with E-state index in [0.29, 0.717) is 11.8 Å². The number of anilines is 1. The van der Waals surface area contributed by atoms with Gasteiger partial charge in [-0.2, -0.15) is 11.8 Å². The number of pyridine rings is 1. The molecule has 2 heterocycles. The van der Waals surface area contributed by atoms with Crippen LogP contribution in [0.3, 0.4) is 0 Å². The van der Waals surface area contributed by atoms with E-state index < -0.39 is 0 Å². The lowest BCUT2D eigenvalue weighted by atomic mass is 10.2. The summed E-state index contributed by atoms with van der Waals surface area (Å²) >= 11 is 2.03. The van der Waals surface area contributed by atoms with E-state index in [-0.39, 0.29) is 0 Å². The highest BCUT2D eigenvalue weighted by molar-refractivity contribution is 8.00. The number of nitrogens with two attached hydrogens (primary N) is 1. The zero-order valence-corrected chi connectivity index (χ0v) is 9.83. The maximum Gasteiger partial charge on any atom is 0.128 e. The van der Waals surface area contributed by atoms with Crippen molar-refractivity contribution < 1.29 is 0 Å². The predicted octanol–water partition coefficient (Wildman–Crippen LogP) is 1.48. The standard InChI is InChI=1S/C11H17N3S/c1-9-8-14(4-5-15-9)11-3-2-10(6-12)7-13-11/h2-3,7,9H,4-6,8,12H2,1H3. The second-order valence-electron chi connectivity index (χ2n) is 3.86. The zero-order chi connectivity index (χ0) is 10.7. The molecule has 1 saturated heterocycles. The van der Waals surface area contributed by atoms with Gasteiger partial charge in [0.25, 0.3) is 0 Å². The smallest absolute Gasteiger partial charge is 0.128 e. The van der Waals surface area contributed by atoms with Crippen LogP contribution in [-0.4, -0.2) is 29.1 Å². The first-order valence-electron chi connectivity index (χ1n) is 5.31. The number of hydrogen-bond acceptors (Lipinski definition) is 4. The van der Waals surface area contributed by atoms with Crippen molar-refractivity contribution in [1.82, 2.24) is 4.98 Å². The van der Waals surface area contributed by atoms with Gasteiger partial charge in [-0.1, -0.05) is 13.0 Å². The minimum Gasteiger partial charge on any atom is -0.355 e. The van der Waals surface area contributed by atoms with Gasteiger partial charge in [0.05, 0.1) is 0 Å². The molecule has 1 aromatic rings. The van der Waals surface area contributed by atoms with E-state index >= 15 is 0 Å². The van der Waals surface area contributed by atoms with Gasteiger partial charge < -0.3 is 10.6 Å². The minimum absolute atomic E-state index is 0.569. The molecule has 0 amide bonds. The van der Waals surface area contributed by atoms with Gasteiger partial charge in [0.15, 0.2) is 0 Å². The summed E-state index contributed by atoms with van der Waals surface area (Å²) in [5, 5.41) is 0.703. The molecule has 0 aliphatic carbocycles. The van der Waals surface area contributed by atoms with Gasteiger partial charge in [0.1, 0.15) is 5.82 Å². The van der Waals surface area contributed by atoms with Crippen LogP contribution in [0.2, 0.25) is 0 Å². The quantitative estimate of drug-likeness (QED) is 0.824. The summed E-state index contributed by atoms with van der Waals surface area (Å²) in [4.78, 5) is 6.79. The minimum atomic E-state index is 0.569. The van der Waals surface area contributed by atoms with Crippen LogP contribution >= 0.6 is 11.8 Å². The monoisotopic (exact) mass is 223 g/mol. The summed E-state index contributed by atoms with van der Waals surface area (Å²) < 4.78 is 0. The number of rotatable bonds is 2. The van der Waals surface area contributed by atoms with Crippen LogP contribution in [0.25, 0.3) is 0 Å². The van der Waals surface area contributed by atoms with E-state index in [1.807, 2.05) is 18.0 Å². The van der Waals surface area contributed by atoms with Crippen molar-refractivity contribution in [3.05, 3.63) is 23.9 Å². The normalized spacial score (nSPS) is 21.7. The number of hydrogen-bond donors (Lipinski definition) is 1. The Labute approximate surface area is 95.1 Å². The number of nitrogens with zero attached hydrogens (tertiary/aromatic N) is 2. The first kappa shape index (κ1) is 10.8. The van der Waals surface area contributed by atoms with E-state index in [0.717, 1.165) is 24.5 Å². The van der Waals surface area contributed by atoms with Gasteiger partial charge in [-0.05, 0) is 11.6 Å². The summed E-state index contributed by atoms with van der Waals surface area (Å²) in [6.45, 7) is 5.04. The fourth-order valence-corrected chi connectivity index (χ4v) is 2.76. The Morgan fingerprint density at radius 3 is 3.07 bits per heavy atom. The molecular formula is C11H17N3S. The third-order valence-electron chi connectivity index (χ3n) is 2.61. The maximum absolute atomic E-state index is 5.54. The third-order valence-corrected chi connectivity index (χ3v) is 3.75. The van der Waals surface area contributed by atoms with Crippen LogP contribution in [0.5, 0.6) is 0 Å². The molecule has 82 valence electrons. The SMILES string of the molecule is CC1CN(c2ccc(CN)cn2)CCS1. The largest absolute Gasteiger partial charge is 0.355 e. The molecule has 1 aliphatic rings. The second-order valence-corrected chi connectivity index (χ2v) is 5.40. The Morgan fingerprint density at radius 2 is 2.47 bits per heavy atom. The molecule has 1 fully saturated rings. The third kappa shape index (κ3) is 2.63. The molecule has 3 nitrogen and oxygen atoms in total. The molecule has 0 radical (unpaired) electrons. The predicted molar refractivity (Wildman–Crippen MR) is 66.3 cm³/mol. The molecule has 1 unspecified atom stereocenters. The van der Waals surface area contributed by atoms with Gasteiger partial charge in [0, 0.05) is 36.8 Å². The highest BCUT2D eigenvalue weighted by Crippen LogP contribution is 2.22. The number of thioether (sulfide) groups is 1. The van der Waals surface area contributed by atoms with Gasteiger partial charge in [-0.15, -0.1) is 0 Å². The molecule has 0 bridgehead atoms. The maximum atomic E-state index is 5.54. The lowest BCUT2D eigenvalue weighted by Crippen LogP contribution is -2.37. The number of aromatic nitrogens is 1. The van der Waals surface area contributed by atoms with E-state index in [9.17, 15) is 0 Å². The van der Waals surface area contributed by atoms with Crippen molar-refractivity contribution in [1.29, 1.82) is 0 Å². The highest BCUT2D eigenvalue weighted by Gasteiger charge is 2.17. The molecule has 0 saturated carbocycles. The van der Waals surface area contributed by atoms with Crippen molar-refractivity contribution in [3.8, 4) is 0 Å². The first-order chi connectivity index (χ1) is 7.29. The van der Waals surface area contributed by atoms with Crippen LogP contribution in [0, 0.1) is 0 Å². The Morgan fingerprint density at radius 1 is 1.60 bits per heavy atom. The van der Waals surface area contributed by atoms with Gasteiger partial charge in [-0.25, -0.2) is 4.98 Å². The topological polar surface area (TPSA) is 42.1 Å². The average Bonchev–Trinajstić information content (AvgIpc) is 2.29. The average molecular weight is 223 g/mol. The molecule has 0 aromatic carbocycles. The molecule has 0 spiro atoms. The van der Waals surface area contributed by atoms with E-state index in [2.05, 4.69) is 28.9 Å². The first-order valence-corrected chi connectivity index (χ1v) is 6.36. The summed E-state index contributed by atoms with van der Waals surface area (Å²) in [5.41, 5.74) is 6.64. The van der Waals surface area contributed by atoms with Crippen molar-refractivity contribution in [3.63, 3.8) is 0 Å². The summed E-state index contributed by atoms with van der Waals surface area (Å²) in [5.74, 6) is 2.28. The van der Waals surface area contributed by atoms with E-state index in [4.69, 9.17) is 5.73 Å². The zero-order valence-electron chi connectivity index (χ0n) is 9.02. The molecular weight excluding hydrogens is 206 g/mol. The van der Waals surface area contributed by atoms with Crippen molar-refractivity contribution >= 4 is 17.6 Å². The van der Waals surface area contributed by atoms with Crippen LogP contribution in [-0.2, 0) is 6.54 Å². The molecule has 2 N–H and O–H groups in total. The summed E-state index contributed by atoms with van der Waals surface area (Å²) in [6, 6.07) is 4.14. The molecule has 2 rings (SSSR count). The molecule has 1 aromatic heterocycles. The van der Waals surface area contributed by atoms with Gasteiger partial charge >= 0.3 is 0 Å². The lowest BCUT2D eigenvalue weighted by molar-refractivity contribution is 0.769. The Kier molecular flexibility index (Phi) is 3.49. The fourth-order valence-electron chi connectivity index (χ4n) is 1.75. The molecule has 1 atom stereocenters. The van der Waals surface area contributed by atoms with Crippen LogP contribution in [0.4, 0.5) is 5.82 Å². The van der Waals surface area contributed by atoms with Crippen molar-refractivity contribution in [2.24, 2.45) is 5.73 Å². The van der Waals surface area contributed by atoms with E-state index in [1.54, 1.807) is 0 Å². The lowest BCUT2D eigenvalue weighted by Gasteiger charge is -2.31. The summed E-state index contributed by atoms with van der Waals surface area (Å²) in [7, 11) is 0. The van der Waals surface area contributed by atoms with Gasteiger partial charge in [-0.3, -0.25) is 0 Å².